The van der Waals surface area contributed by atoms with Crippen molar-refractivity contribution in [3.63, 3.8) is 0 Å². The molecule has 1 saturated carbocycles. The fraction of sp³-hybridized carbons (Fsp3) is 0.571. The van der Waals surface area contributed by atoms with Crippen LogP contribution in [-0.4, -0.2) is 25.1 Å². The number of hydrogen-bond acceptors (Lipinski definition) is 5. The predicted molar refractivity (Wildman–Crippen MR) is 95.2 cm³/mol. The van der Waals surface area contributed by atoms with Crippen molar-refractivity contribution < 1.29 is 23.5 Å². The zero-order valence-corrected chi connectivity index (χ0v) is 15.6. The van der Waals surface area contributed by atoms with E-state index in [4.69, 9.17) is 9.15 Å². The molecule has 0 bridgehead atoms. The highest BCUT2D eigenvalue weighted by Gasteiger charge is 2.62. The van der Waals surface area contributed by atoms with E-state index in [1.165, 1.54) is 7.11 Å². The molecule has 5 heteroatoms. The molecule has 1 fully saturated rings. The van der Waals surface area contributed by atoms with Crippen molar-refractivity contribution in [3.05, 3.63) is 35.8 Å². The maximum absolute atomic E-state index is 13.1. The highest BCUT2D eigenvalue weighted by Crippen LogP contribution is 2.61. The summed E-state index contributed by atoms with van der Waals surface area (Å²) in [6.45, 7) is 3.88. The van der Waals surface area contributed by atoms with Crippen molar-refractivity contribution >= 4 is 18.0 Å². The van der Waals surface area contributed by atoms with Gasteiger partial charge in [0.15, 0.2) is 5.78 Å². The summed E-state index contributed by atoms with van der Waals surface area (Å²) >= 11 is 0. The molecule has 0 radical (unpaired) electrons. The molecule has 2 aliphatic rings. The van der Waals surface area contributed by atoms with E-state index in [9.17, 15) is 14.4 Å². The smallest absolute Gasteiger partial charge is 0.312 e. The topological polar surface area (TPSA) is 73.6 Å². The number of carbonyl (C=O) groups excluding carboxylic acids is 3. The first-order valence-electron chi connectivity index (χ1n) is 9.18. The number of esters is 1. The lowest BCUT2D eigenvalue weighted by Gasteiger charge is -2.56. The van der Waals surface area contributed by atoms with Gasteiger partial charge in [0.1, 0.15) is 6.29 Å². The fourth-order valence-electron chi connectivity index (χ4n) is 5.24. The maximum atomic E-state index is 13.1. The number of methoxy groups -OCH3 is 1. The number of fused-ring (bicyclic) bond motifs is 1. The molecule has 0 saturated heterocycles. The minimum atomic E-state index is -0.865. The summed E-state index contributed by atoms with van der Waals surface area (Å²) < 4.78 is 10.4. The first-order valence-corrected chi connectivity index (χ1v) is 9.18. The Balaban J connectivity index is 2.10. The molecule has 4 unspecified atom stereocenters. The van der Waals surface area contributed by atoms with Gasteiger partial charge in [0.05, 0.1) is 30.5 Å². The van der Waals surface area contributed by atoms with Crippen LogP contribution in [0.5, 0.6) is 0 Å². The molecule has 26 heavy (non-hydrogen) atoms. The Hall–Kier alpha value is -2.17. The Morgan fingerprint density at radius 3 is 2.85 bits per heavy atom. The Morgan fingerprint density at radius 1 is 1.46 bits per heavy atom. The first kappa shape index (κ1) is 18.6. The average Bonchev–Trinajstić information content (AvgIpc) is 3.14. The highest BCUT2D eigenvalue weighted by molar-refractivity contribution is 5.95. The number of rotatable bonds is 5. The number of furan rings is 1. The van der Waals surface area contributed by atoms with E-state index in [0.717, 1.165) is 23.8 Å². The molecule has 140 valence electrons. The number of allylic oxidation sites excluding steroid dienone is 2. The SMILES string of the molecule is COC(=O)C1(CCc2ccoc2)C(C)CCC2(C=O)C(C)=CC(=O)CC21. The molecule has 0 aromatic carbocycles. The van der Waals surface area contributed by atoms with Crippen LogP contribution in [0.25, 0.3) is 0 Å². The second-order valence-corrected chi connectivity index (χ2v) is 7.81. The first-order chi connectivity index (χ1) is 12.4. The van der Waals surface area contributed by atoms with Crippen molar-refractivity contribution in [1.82, 2.24) is 0 Å². The Kier molecular flexibility index (Phi) is 4.91. The van der Waals surface area contributed by atoms with Crippen LogP contribution in [0, 0.1) is 22.7 Å². The largest absolute Gasteiger partial charge is 0.472 e. The Morgan fingerprint density at radius 2 is 2.23 bits per heavy atom. The summed E-state index contributed by atoms with van der Waals surface area (Å²) in [5.41, 5.74) is 0.149. The second-order valence-electron chi connectivity index (χ2n) is 7.81. The van der Waals surface area contributed by atoms with Crippen LogP contribution in [0.15, 0.2) is 34.7 Å². The van der Waals surface area contributed by atoms with Gasteiger partial charge < -0.3 is 13.9 Å². The quantitative estimate of drug-likeness (QED) is 0.595. The van der Waals surface area contributed by atoms with E-state index in [1.54, 1.807) is 18.6 Å². The minimum Gasteiger partial charge on any atom is -0.472 e. The summed E-state index contributed by atoms with van der Waals surface area (Å²) in [6, 6.07) is 1.88. The molecule has 1 aromatic rings. The molecule has 4 atom stereocenters. The van der Waals surface area contributed by atoms with Gasteiger partial charge in [0.25, 0.3) is 0 Å². The molecule has 1 aromatic heterocycles. The van der Waals surface area contributed by atoms with Gasteiger partial charge in [0.2, 0.25) is 0 Å². The van der Waals surface area contributed by atoms with Gasteiger partial charge >= 0.3 is 5.97 Å². The zero-order valence-electron chi connectivity index (χ0n) is 15.6. The van der Waals surface area contributed by atoms with Crippen LogP contribution < -0.4 is 0 Å². The summed E-state index contributed by atoms with van der Waals surface area (Å²) in [5.74, 6) is -0.672. The van der Waals surface area contributed by atoms with Gasteiger partial charge in [-0.25, -0.2) is 0 Å². The third kappa shape index (κ3) is 2.65. The molecule has 0 amide bonds. The van der Waals surface area contributed by atoms with Crippen molar-refractivity contribution in [2.24, 2.45) is 22.7 Å². The predicted octanol–water partition coefficient (Wildman–Crippen LogP) is 3.52. The molecule has 1 heterocycles. The summed E-state index contributed by atoms with van der Waals surface area (Å²) in [4.78, 5) is 37.7. The number of carbonyl (C=O) groups is 3. The van der Waals surface area contributed by atoms with Gasteiger partial charge in [-0.2, -0.15) is 0 Å². The van der Waals surface area contributed by atoms with E-state index >= 15 is 0 Å². The van der Waals surface area contributed by atoms with Crippen LogP contribution in [0.3, 0.4) is 0 Å². The maximum Gasteiger partial charge on any atom is 0.312 e. The fourth-order valence-corrected chi connectivity index (χ4v) is 5.24. The standard InChI is InChI=1S/C21H26O5/c1-14-4-7-20(13-22)15(2)10-17(23)11-18(20)21(14,19(24)25-3)8-5-16-6-9-26-12-16/h6,9-10,12-14,18H,4-5,7-8,11H2,1-3H3. The summed E-state index contributed by atoms with van der Waals surface area (Å²) in [6.07, 6.45) is 8.62. The van der Waals surface area contributed by atoms with Crippen LogP contribution in [0.1, 0.15) is 45.1 Å². The average molecular weight is 358 g/mol. The molecule has 5 nitrogen and oxygen atoms in total. The van der Waals surface area contributed by atoms with Gasteiger partial charge in [-0.05, 0) is 62.1 Å². The molecule has 0 N–H and O–H groups in total. The normalized spacial score (nSPS) is 34.0. The Bertz CT molecular complexity index is 732. The lowest BCUT2D eigenvalue weighted by Crippen LogP contribution is -2.58. The van der Waals surface area contributed by atoms with E-state index in [0.29, 0.717) is 19.3 Å². The third-order valence-corrected chi connectivity index (χ3v) is 6.81. The minimum absolute atomic E-state index is 0.0179. The summed E-state index contributed by atoms with van der Waals surface area (Å²) in [5, 5.41) is 0. The van der Waals surface area contributed by atoms with Crippen LogP contribution in [0.2, 0.25) is 0 Å². The zero-order chi connectivity index (χ0) is 18.9. The van der Waals surface area contributed by atoms with Crippen LogP contribution in [-0.2, 0) is 25.5 Å². The van der Waals surface area contributed by atoms with Crippen molar-refractivity contribution in [2.75, 3.05) is 7.11 Å². The lowest BCUT2D eigenvalue weighted by atomic mass is 9.46. The molecule has 0 spiro atoms. The second kappa shape index (κ2) is 6.86. The number of ether oxygens (including phenoxy) is 1. The molecular formula is C21H26O5. The van der Waals surface area contributed by atoms with E-state index in [-0.39, 0.29) is 30.0 Å². The molecule has 2 aliphatic carbocycles. The van der Waals surface area contributed by atoms with E-state index in [2.05, 4.69) is 0 Å². The van der Waals surface area contributed by atoms with Crippen molar-refractivity contribution in [3.8, 4) is 0 Å². The monoisotopic (exact) mass is 358 g/mol. The highest BCUT2D eigenvalue weighted by atomic mass is 16.5. The number of aldehydes is 1. The lowest BCUT2D eigenvalue weighted by molar-refractivity contribution is -0.174. The Labute approximate surface area is 153 Å². The molecule has 0 aliphatic heterocycles. The van der Waals surface area contributed by atoms with E-state index < -0.39 is 10.8 Å². The van der Waals surface area contributed by atoms with Gasteiger partial charge in [-0.15, -0.1) is 0 Å². The van der Waals surface area contributed by atoms with Crippen molar-refractivity contribution in [1.29, 1.82) is 0 Å². The summed E-state index contributed by atoms with van der Waals surface area (Å²) in [7, 11) is 1.39. The molecular weight excluding hydrogens is 332 g/mol. The van der Waals surface area contributed by atoms with Crippen LogP contribution >= 0.6 is 0 Å². The van der Waals surface area contributed by atoms with Gasteiger partial charge in [-0.3, -0.25) is 9.59 Å². The van der Waals surface area contributed by atoms with E-state index in [1.807, 2.05) is 19.9 Å². The third-order valence-electron chi connectivity index (χ3n) is 6.81. The number of hydrogen-bond donors (Lipinski definition) is 0. The number of aryl methyl sites for hydroxylation is 1. The van der Waals surface area contributed by atoms with Gasteiger partial charge in [-0.1, -0.05) is 12.5 Å². The number of ketones is 1. The molecule has 3 rings (SSSR count). The van der Waals surface area contributed by atoms with Crippen LogP contribution in [0.4, 0.5) is 0 Å². The van der Waals surface area contributed by atoms with Crippen molar-refractivity contribution in [2.45, 2.75) is 46.0 Å². The van der Waals surface area contributed by atoms with Gasteiger partial charge in [0, 0.05) is 6.42 Å².